The fraction of sp³-hybridized carbons (Fsp3) is 0.182. The standard InChI is InChI=1S/C11H12N2O3/c14-10(4-1-5-11(15)16)13-8-9-3-2-6-12-7-9/h1-4,6-7H,5,8H2,(H,13,14)(H,15,16)/b4-1+. The molecule has 0 radical (unpaired) electrons. The summed E-state index contributed by atoms with van der Waals surface area (Å²) in [7, 11) is 0. The summed E-state index contributed by atoms with van der Waals surface area (Å²) in [5.74, 6) is -1.28. The molecular formula is C11H12N2O3. The molecule has 0 aliphatic carbocycles. The lowest BCUT2D eigenvalue weighted by molar-refractivity contribution is -0.136. The van der Waals surface area contributed by atoms with Crippen molar-refractivity contribution in [2.45, 2.75) is 13.0 Å². The molecular weight excluding hydrogens is 208 g/mol. The molecule has 0 aromatic carbocycles. The molecule has 0 spiro atoms. The smallest absolute Gasteiger partial charge is 0.307 e. The van der Waals surface area contributed by atoms with Gasteiger partial charge in [0.15, 0.2) is 0 Å². The molecule has 0 saturated heterocycles. The number of rotatable bonds is 5. The lowest BCUT2D eigenvalue weighted by Crippen LogP contribution is -2.20. The van der Waals surface area contributed by atoms with Gasteiger partial charge >= 0.3 is 5.97 Å². The van der Waals surface area contributed by atoms with E-state index in [4.69, 9.17) is 5.11 Å². The minimum atomic E-state index is -0.962. The van der Waals surface area contributed by atoms with Crippen molar-refractivity contribution in [1.82, 2.24) is 10.3 Å². The van der Waals surface area contributed by atoms with Crippen molar-refractivity contribution < 1.29 is 14.7 Å². The van der Waals surface area contributed by atoms with Crippen LogP contribution in [-0.4, -0.2) is 22.0 Å². The fourth-order valence-corrected chi connectivity index (χ4v) is 1.02. The largest absolute Gasteiger partial charge is 0.481 e. The van der Waals surface area contributed by atoms with Gasteiger partial charge in [0.05, 0.1) is 6.42 Å². The summed E-state index contributed by atoms with van der Waals surface area (Å²) in [6.45, 7) is 0.379. The SMILES string of the molecule is O=C(O)C/C=C/C(=O)NCc1cccnc1. The molecule has 84 valence electrons. The summed E-state index contributed by atoms with van der Waals surface area (Å²) >= 11 is 0. The Morgan fingerprint density at radius 2 is 2.31 bits per heavy atom. The van der Waals surface area contributed by atoms with E-state index in [2.05, 4.69) is 10.3 Å². The molecule has 0 atom stereocenters. The quantitative estimate of drug-likeness (QED) is 0.717. The minimum Gasteiger partial charge on any atom is -0.481 e. The molecule has 5 heteroatoms. The number of aliphatic carboxylic acids is 1. The highest BCUT2D eigenvalue weighted by atomic mass is 16.4. The maximum atomic E-state index is 11.2. The number of carbonyl (C=O) groups excluding carboxylic acids is 1. The summed E-state index contributed by atoms with van der Waals surface area (Å²) < 4.78 is 0. The van der Waals surface area contributed by atoms with Crippen LogP contribution in [0.5, 0.6) is 0 Å². The number of nitrogens with one attached hydrogen (secondary N) is 1. The molecule has 0 saturated carbocycles. The molecule has 0 aliphatic rings. The van der Waals surface area contributed by atoms with Crippen molar-refractivity contribution in [2.75, 3.05) is 0 Å². The monoisotopic (exact) mass is 220 g/mol. The van der Waals surface area contributed by atoms with E-state index in [1.807, 2.05) is 6.07 Å². The highest BCUT2D eigenvalue weighted by Gasteiger charge is 1.97. The van der Waals surface area contributed by atoms with Crippen LogP contribution in [0.4, 0.5) is 0 Å². The number of pyridine rings is 1. The predicted molar refractivity (Wildman–Crippen MR) is 57.5 cm³/mol. The molecule has 0 fully saturated rings. The Balaban J connectivity index is 2.30. The molecule has 5 nitrogen and oxygen atoms in total. The summed E-state index contributed by atoms with van der Waals surface area (Å²) in [5, 5.41) is 11.0. The van der Waals surface area contributed by atoms with Gasteiger partial charge in [-0.1, -0.05) is 12.1 Å². The van der Waals surface area contributed by atoms with Gasteiger partial charge in [0, 0.05) is 18.9 Å². The molecule has 1 aromatic heterocycles. The van der Waals surface area contributed by atoms with Gasteiger partial charge in [0.25, 0.3) is 0 Å². The van der Waals surface area contributed by atoms with E-state index in [0.717, 1.165) is 5.56 Å². The number of carboxylic acids is 1. The molecule has 1 heterocycles. The van der Waals surface area contributed by atoms with Crippen LogP contribution in [0, 0.1) is 0 Å². The second-order valence-corrected chi connectivity index (χ2v) is 3.08. The van der Waals surface area contributed by atoms with Crippen molar-refractivity contribution >= 4 is 11.9 Å². The molecule has 1 aromatic rings. The van der Waals surface area contributed by atoms with Gasteiger partial charge in [-0.05, 0) is 17.7 Å². The number of carbonyl (C=O) groups is 2. The van der Waals surface area contributed by atoms with E-state index >= 15 is 0 Å². The van der Waals surface area contributed by atoms with Crippen LogP contribution in [0.15, 0.2) is 36.7 Å². The Bertz CT molecular complexity index is 387. The van der Waals surface area contributed by atoms with Crippen LogP contribution in [0.25, 0.3) is 0 Å². The lowest BCUT2D eigenvalue weighted by Gasteiger charge is -2.00. The first-order valence-corrected chi connectivity index (χ1v) is 4.73. The summed E-state index contributed by atoms with van der Waals surface area (Å²) in [6.07, 6.45) is 5.67. The first kappa shape index (κ1) is 11.9. The fourth-order valence-electron chi connectivity index (χ4n) is 1.02. The van der Waals surface area contributed by atoms with Crippen LogP contribution >= 0.6 is 0 Å². The Morgan fingerprint density at radius 1 is 1.50 bits per heavy atom. The molecule has 0 bridgehead atoms. The first-order valence-electron chi connectivity index (χ1n) is 4.73. The topological polar surface area (TPSA) is 79.3 Å². The maximum Gasteiger partial charge on any atom is 0.307 e. The Hall–Kier alpha value is -2.17. The van der Waals surface area contributed by atoms with E-state index in [0.29, 0.717) is 6.54 Å². The van der Waals surface area contributed by atoms with Gasteiger partial charge in [-0.15, -0.1) is 0 Å². The van der Waals surface area contributed by atoms with E-state index < -0.39 is 5.97 Å². The van der Waals surface area contributed by atoms with Crippen molar-refractivity contribution in [2.24, 2.45) is 0 Å². The van der Waals surface area contributed by atoms with Gasteiger partial charge in [-0.3, -0.25) is 14.6 Å². The van der Waals surface area contributed by atoms with Crippen LogP contribution in [-0.2, 0) is 16.1 Å². The summed E-state index contributed by atoms with van der Waals surface area (Å²) in [4.78, 5) is 25.3. The summed E-state index contributed by atoms with van der Waals surface area (Å²) in [5.41, 5.74) is 0.891. The second kappa shape index (κ2) is 6.34. The highest BCUT2D eigenvalue weighted by Crippen LogP contribution is 1.94. The number of aromatic nitrogens is 1. The third-order valence-electron chi connectivity index (χ3n) is 1.75. The number of hydrogen-bond donors (Lipinski definition) is 2. The number of nitrogens with zero attached hydrogens (tertiary/aromatic N) is 1. The van der Waals surface area contributed by atoms with E-state index in [9.17, 15) is 9.59 Å². The zero-order valence-electron chi connectivity index (χ0n) is 8.59. The van der Waals surface area contributed by atoms with Gasteiger partial charge < -0.3 is 10.4 Å². The predicted octanol–water partition coefficient (Wildman–Crippen LogP) is 0.729. The molecule has 0 aliphatic heterocycles. The number of amides is 1. The van der Waals surface area contributed by atoms with E-state index in [1.54, 1.807) is 18.5 Å². The Kier molecular flexibility index (Phi) is 4.72. The molecule has 1 amide bonds. The first-order chi connectivity index (χ1) is 7.68. The zero-order valence-corrected chi connectivity index (χ0v) is 8.59. The number of carboxylic acid groups (broad SMARTS) is 1. The van der Waals surface area contributed by atoms with Crippen LogP contribution in [0.3, 0.4) is 0 Å². The second-order valence-electron chi connectivity index (χ2n) is 3.08. The molecule has 16 heavy (non-hydrogen) atoms. The molecule has 1 rings (SSSR count). The van der Waals surface area contributed by atoms with Crippen molar-refractivity contribution in [3.8, 4) is 0 Å². The van der Waals surface area contributed by atoms with E-state index in [-0.39, 0.29) is 12.3 Å². The normalized spacial score (nSPS) is 10.2. The Morgan fingerprint density at radius 3 is 2.94 bits per heavy atom. The number of hydrogen-bond acceptors (Lipinski definition) is 3. The average Bonchev–Trinajstić information content (AvgIpc) is 2.27. The average molecular weight is 220 g/mol. The van der Waals surface area contributed by atoms with Gasteiger partial charge in [0.1, 0.15) is 0 Å². The third kappa shape index (κ3) is 4.90. The van der Waals surface area contributed by atoms with Gasteiger partial charge in [-0.2, -0.15) is 0 Å². The van der Waals surface area contributed by atoms with Crippen molar-refractivity contribution in [3.05, 3.63) is 42.2 Å². The third-order valence-corrected chi connectivity index (χ3v) is 1.75. The van der Waals surface area contributed by atoms with Gasteiger partial charge in [-0.25, -0.2) is 0 Å². The summed E-state index contributed by atoms with van der Waals surface area (Å²) in [6, 6.07) is 3.62. The van der Waals surface area contributed by atoms with Gasteiger partial charge in [0.2, 0.25) is 5.91 Å². The zero-order chi connectivity index (χ0) is 11.8. The highest BCUT2D eigenvalue weighted by molar-refractivity contribution is 5.88. The lowest BCUT2D eigenvalue weighted by atomic mass is 10.3. The maximum absolute atomic E-state index is 11.2. The molecule has 2 N–H and O–H groups in total. The Labute approximate surface area is 92.8 Å². The van der Waals surface area contributed by atoms with Crippen LogP contribution in [0.1, 0.15) is 12.0 Å². The van der Waals surface area contributed by atoms with Crippen LogP contribution < -0.4 is 5.32 Å². The van der Waals surface area contributed by atoms with E-state index in [1.165, 1.54) is 12.2 Å². The van der Waals surface area contributed by atoms with Crippen molar-refractivity contribution in [1.29, 1.82) is 0 Å². The molecule has 0 unspecified atom stereocenters. The minimum absolute atomic E-state index is 0.152. The van der Waals surface area contributed by atoms with Crippen LogP contribution in [0.2, 0.25) is 0 Å². The van der Waals surface area contributed by atoms with Crippen molar-refractivity contribution in [3.63, 3.8) is 0 Å².